The minimum Gasteiger partial charge on any atom is -0.444 e. The van der Waals surface area contributed by atoms with Gasteiger partial charge in [-0.25, -0.2) is 4.79 Å². The lowest BCUT2D eigenvalue weighted by molar-refractivity contribution is 0.0513. The minimum atomic E-state index is -0.535. The van der Waals surface area contributed by atoms with Gasteiger partial charge in [0.1, 0.15) is 5.60 Å². The second-order valence-corrected chi connectivity index (χ2v) is 7.87. The molecule has 2 aromatic rings. The summed E-state index contributed by atoms with van der Waals surface area (Å²) in [6.07, 6.45) is 2.11. The Morgan fingerprint density at radius 3 is 2.31 bits per heavy atom. The predicted molar refractivity (Wildman–Crippen MR) is 116 cm³/mol. The molecule has 1 amide bonds. The Kier molecular flexibility index (Phi) is 9.27. The highest BCUT2D eigenvalue weighted by Gasteiger charge is 2.18. The zero-order chi connectivity index (χ0) is 21.0. The fourth-order valence-electron chi connectivity index (χ4n) is 2.64. The smallest absolute Gasteiger partial charge is 0.408 e. The van der Waals surface area contributed by atoms with Crippen molar-refractivity contribution in [1.82, 2.24) is 5.32 Å². The SMILES string of the molecule is CC(C)(C)OC(=O)NC(C#Cc1ccccc1)CCCCOCc1ccccc1. The Morgan fingerprint density at radius 1 is 1.00 bits per heavy atom. The van der Waals surface area contributed by atoms with Crippen LogP contribution in [0.15, 0.2) is 60.7 Å². The second kappa shape index (κ2) is 11.9. The highest BCUT2D eigenvalue weighted by atomic mass is 16.6. The molecule has 0 aliphatic rings. The fraction of sp³-hybridized carbons (Fsp3) is 0.400. The van der Waals surface area contributed by atoms with Gasteiger partial charge in [-0.15, -0.1) is 0 Å². The van der Waals surface area contributed by atoms with Gasteiger partial charge in [0.15, 0.2) is 0 Å². The van der Waals surface area contributed by atoms with Crippen molar-refractivity contribution in [2.75, 3.05) is 6.61 Å². The molecular weight excluding hydrogens is 362 g/mol. The zero-order valence-corrected chi connectivity index (χ0v) is 17.6. The van der Waals surface area contributed by atoms with E-state index in [1.165, 1.54) is 5.56 Å². The van der Waals surface area contributed by atoms with Crippen molar-refractivity contribution in [3.63, 3.8) is 0 Å². The van der Waals surface area contributed by atoms with Gasteiger partial charge in [-0.2, -0.15) is 0 Å². The van der Waals surface area contributed by atoms with Gasteiger partial charge in [0.05, 0.1) is 12.6 Å². The molecule has 4 heteroatoms. The van der Waals surface area contributed by atoms with E-state index in [0.717, 1.165) is 24.8 Å². The van der Waals surface area contributed by atoms with Gasteiger partial charge in [0, 0.05) is 12.2 Å². The highest BCUT2D eigenvalue weighted by molar-refractivity contribution is 5.68. The van der Waals surface area contributed by atoms with Crippen LogP contribution in [0.25, 0.3) is 0 Å². The molecule has 29 heavy (non-hydrogen) atoms. The van der Waals surface area contributed by atoms with Crippen molar-refractivity contribution in [1.29, 1.82) is 0 Å². The van der Waals surface area contributed by atoms with E-state index < -0.39 is 11.7 Å². The van der Waals surface area contributed by atoms with Gasteiger partial charge in [0.25, 0.3) is 0 Å². The first-order chi connectivity index (χ1) is 13.9. The van der Waals surface area contributed by atoms with Crippen LogP contribution in [-0.2, 0) is 16.1 Å². The molecule has 4 nitrogen and oxygen atoms in total. The quantitative estimate of drug-likeness (QED) is 0.488. The molecule has 0 heterocycles. The molecule has 1 N–H and O–H groups in total. The van der Waals surface area contributed by atoms with Crippen molar-refractivity contribution in [2.24, 2.45) is 0 Å². The van der Waals surface area contributed by atoms with Crippen LogP contribution < -0.4 is 5.32 Å². The summed E-state index contributed by atoms with van der Waals surface area (Å²) >= 11 is 0. The maximum atomic E-state index is 12.1. The van der Waals surface area contributed by atoms with Crippen molar-refractivity contribution < 1.29 is 14.3 Å². The lowest BCUT2D eigenvalue weighted by Crippen LogP contribution is -2.38. The topological polar surface area (TPSA) is 47.6 Å². The van der Waals surface area contributed by atoms with E-state index in [2.05, 4.69) is 29.3 Å². The van der Waals surface area contributed by atoms with Gasteiger partial charge in [0.2, 0.25) is 0 Å². The van der Waals surface area contributed by atoms with E-state index in [0.29, 0.717) is 13.2 Å². The Hall–Kier alpha value is -2.77. The molecule has 0 aliphatic carbocycles. The molecule has 154 valence electrons. The van der Waals surface area contributed by atoms with Crippen LogP contribution in [0, 0.1) is 11.8 Å². The van der Waals surface area contributed by atoms with Crippen LogP contribution in [0.3, 0.4) is 0 Å². The normalized spacial score (nSPS) is 11.8. The van der Waals surface area contributed by atoms with Gasteiger partial charge in [-0.05, 0) is 57.7 Å². The number of ether oxygens (including phenoxy) is 2. The Labute approximate surface area is 174 Å². The number of amides is 1. The molecule has 0 saturated carbocycles. The molecule has 0 aromatic heterocycles. The molecule has 0 aliphatic heterocycles. The molecule has 0 radical (unpaired) electrons. The standard InChI is InChI=1S/C25H31NO3/c1-25(2,3)29-24(27)26-23(18-17-21-12-6-4-7-13-21)16-10-11-19-28-20-22-14-8-5-9-15-22/h4-9,12-15,23H,10-11,16,19-20H2,1-3H3,(H,26,27). The van der Waals surface area contributed by atoms with Gasteiger partial charge in [-0.3, -0.25) is 0 Å². The van der Waals surface area contributed by atoms with Crippen LogP contribution in [0.1, 0.15) is 51.2 Å². The first-order valence-corrected chi connectivity index (χ1v) is 10.1. The molecule has 2 aromatic carbocycles. The Bertz CT molecular complexity index is 786. The largest absolute Gasteiger partial charge is 0.444 e. The van der Waals surface area contributed by atoms with Crippen LogP contribution in [0.4, 0.5) is 4.79 Å². The zero-order valence-electron chi connectivity index (χ0n) is 17.6. The molecule has 0 saturated heterocycles. The number of carbonyl (C=O) groups is 1. The van der Waals surface area contributed by atoms with E-state index >= 15 is 0 Å². The van der Waals surface area contributed by atoms with Crippen molar-refractivity contribution in [3.05, 3.63) is 71.8 Å². The molecular formula is C25H31NO3. The summed E-state index contributed by atoms with van der Waals surface area (Å²) in [5, 5.41) is 2.88. The summed E-state index contributed by atoms with van der Waals surface area (Å²) in [7, 11) is 0. The molecule has 1 unspecified atom stereocenters. The van der Waals surface area contributed by atoms with Crippen molar-refractivity contribution >= 4 is 6.09 Å². The van der Waals surface area contributed by atoms with Crippen LogP contribution in [0.5, 0.6) is 0 Å². The first kappa shape index (κ1) is 22.5. The first-order valence-electron chi connectivity index (χ1n) is 10.1. The predicted octanol–water partition coefficient (Wildman–Crippen LogP) is 5.32. The van der Waals surface area contributed by atoms with Gasteiger partial charge >= 0.3 is 6.09 Å². The van der Waals surface area contributed by atoms with Crippen LogP contribution >= 0.6 is 0 Å². The number of hydrogen-bond donors (Lipinski definition) is 1. The third-order valence-corrected chi connectivity index (χ3v) is 4.00. The third-order valence-electron chi connectivity index (χ3n) is 4.00. The molecule has 1 atom stereocenters. The maximum Gasteiger partial charge on any atom is 0.408 e. The highest BCUT2D eigenvalue weighted by Crippen LogP contribution is 2.09. The Morgan fingerprint density at radius 2 is 1.66 bits per heavy atom. The monoisotopic (exact) mass is 393 g/mol. The number of hydrogen-bond acceptors (Lipinski definition) is 3. The minimum absolute atomic E-state index is 0.265. The number of carbonyl (C=O) groups excluding carboxylic acids is 1. The Balaban J connectivity index is 1.81. The van der Waals surface area contributed by atoms with E-state index in [1.54, 1.807) is 0 Å². The maximum absolute atomic E-state index is 12.1. The summed E-state index contributed by atoms with van der Waals surface area (Å²) < 4.78 is 11.1. The van der Waals surface area contributed by atoms with Crippen molar-refractivity contribution in [2.45, 2.75) is 58.3 Å². The number of benzene rings is 2. The third kappa shape index (κ3) is 10.4. The van der Waals surface area contributed by atoms with Crippen LogP contribution in [-0.4, -0.2) is 24.3 Å². The summed E-state index contributed by atoms with van der Waals surface area (Å²) in [6.45, 7) is 6.85. The van der Waals surface area contributed by atoms with E-state index in [1.807, 2.05) is 69.3 Å². The van der Waals surface area contributed by atoms with E-state index in [9.17, 15) is 4.79 Å². The van der Waals surface area contributed by atoms with Crippen molar-refractivity contribution in [3.8, 4) is 11.8 Å². The molecule has 0 bridgehead atoms. The summed E-state index contributed by atoms with van der Waals surface area (Å²) in [5.41, 5.74) is 1.56. The molecule has 0 spiro atoms. The second-order valence-electron chi connectivity index (χ2n) is 7.87. The van der Waals surface area contributed by atoms with Crippen LogP contribution in [0.2, 0.25) is 0 Å². The summed E-state index contributed by atoms with van der Waals surface area (Å²) in [6, 6.07) is 19.6. The summed E-state index contributed by atoms with van der Waals surface area (Å²) in [5.74, 6) is 6.30. The fourth-order valence-corrected chi connectivity index (χ4v) is 2.64. The molecule has 2 rings (SSSR count). The average molecular weight is 394 g/mol. The lowest BCUT2D eigenvalue weighted by Gasteiger charge is -2.21. The van der Waals surface area contributed by atoms with Gasteiger partial charge < -0.3 is 14.8 Å². The average Bonchev–Trinajstić information content (AvgIpc) is 2.68. The van der Waals surface area contributed by atoms with E-state index in [4.69, 9.17) is 9.47 Å². The number of rotatable bonds is 8. The summed E-state index contributed by atoms with van der Waals surface area (Å²) in [4.78, 5) is 12.1. The molecule has 0 fully saturated rings. The van der Waals surface area contributed by atoms with Gasteiger partial charge in [-0.1, -0.05) is 60.4 Å². The number of nitrogens with one attached hydrogen (secondary N) is 1. The number of alkyl carbamates (subject to hydrolysis) is 1. The lowest BCUT2D eigenvalue weighted by atomic mass is 10.1. The number of unbranched alkanes of at least 4 members (excludes halogenated alkanes) is 1. The van der Waals surface area contributed by atoms with E-state index in [-0.39, 0.29) is 6.04 Å².